The molecule has 0 saturated heterocycles. The molecule has 21 heavy (non-hydrogen) atoms. The summed E-state index contributed by atoms with van der Waals surface area (Å²) in [5, 5.41) is 21.2. The third-order valence-corrected chi connectivity index (χ3v) is 3.28. The van der Waals surface area contributed by atoms with Crippen LogP contribution in [0.4, 0.5) is 4.79 Å². The number of ether oxygens (including phenoxy) is 1. The molecular weight excluding hydrogens is 274 g/mol. The zero-order chi connectivity index (χ0) is 15.9. The van der Waals surface area contributed by atoms with E-state index in [0.29, 0.717) is 0 Å². The first-order valence-electron chi connectivity index (χ1n) is 6.70. The number of amides is 1. The van der Waals surface area contributed by atoms with Crippen molar-refractivity contribution >= 4 is 12.1 Å². The summed E-state index contributed by atoms with van der Waals surface area (Å²) >= 11 is 0. The average molecular weight is 295 g/mol. The molecule has 0 fully saturated rings. The summed E-state index contributed by atoms with van der Waals surface area (Å²) in [5.74, 6) is -1.08. The number of carbonyl (C=O) groups is 2. The summed E-state index contributed by atoms with van der Waals surface area (Å²) in [4.78, 5) is 22.4. The van der Waals surface area contributed by atoms with Crippen LogP contribution in [0.1, 0.15) is 25.8 Å². The van der Waals surface area contributed by atoms with Crippen molar-refractivity contribution in [3.05, 3.63) is 35.9 Å². The van der Waals surface area contributed by atoms with Crippen LogP contribution in [0.2, 0.25) is 0 Å². The van der Waals surface area contributed by atoms with Crippen LogP contribution in [0.15, 0.2) is 30.3 Å². The van der Waals surface area contributed by atoms with Gasteiger partial charge in [0.2, 0.25) is 0 Å². The Morgan fingerprint density at radius 1 is 1.29 bits per heavy atom. The number of nitrogens with one attached hydrogen (secondary N) is 1. The Hall–Kier alpha value is -2.08. The number of aliphatic hydroxyl groups excluding tert-OH is 1. The zero-order valence-corrected chi connectivity index (χ0v) is 12.2. The van der Waals surface area contributed by atoms with E-state index in [1.54, 1.807) is 0 Å². The summed E-state index contributed by atoms with van der Waals surface area (Å²) in [6, 6.07) is 9.25. The molecule has 1 aromatic carbocycles. The fourth-order valence-electron chi connectivity index (χ4n) is 1.59. The lowest BCUT2D eigenvalue weighted by atomic mass is 9.85. The molecular formula is C15H21NO5. The Labute approximate surface area is 123 Å². The van der Waals surface area contributed by atoms with Gasteiger partial charge in [-0.25, -0.2) is 4.79 Å². The average Bonchev–Trinajstić information content (AvgIpc) is 2.45. The van der Waals surface area contributed by atoms with E-state index in [-0.39, 0.29) is 19.6 Å². The van der Waals surface area contributed by atoms with Crippen LogP contribution in [0, 0.1) is 5.41 Å². The molecule has 1 amide bonds. The fraction of sp³-hybridized carbons (Fsp3) is 0.467. The second-order valence-electron chi connectivity index (χ2n) is 5.32. The number of hydrogen-bond acceptors (Lipinski definition) is 4. The maximum absolute atomic E-state index is 11.5. The second kappa shape index (κ2) is 7.64. The summed E-state index contributed by atoms with van der Waals surface area (Å²) < 4.78 is 4.99. The molecule has 1 rings (SSSR count). The van der Waals surface area contributed by atoms with E-state index in [4.69, 9.17) is 9.84 Å². The van der Waals surface area contributed by atoms with Gasteiger partial charge in [0, 0.05) is 6.54 Å². The quantitative estimate of drug-likeness (QED) is 0.712. The Morgan fingerprint density at radius 3 is 2.48 bits per heavy atom. The molecule has 0 aliphatic heterocycles. The highest BCUT2D eigenvalue weighted by Gasteiger charge is 2.35. The second-order valence-corrected chi connectivity index (χ2v) is 5.32. The first-order chi connectivity index (χ1) is 9.84. The summed E-state index contributed by atoms with van der Waals surface area (Å²) in [6.07, 6.45) is -1.51. The summed E-state index contributed by atoms with van der Waals surface area (Å²) in [7, 11) is 0. The van der Waals surface area contributed by atoms with E-state index >= 15 is 0 Å². The number of aliphatic carboxylic acids is 1. The van der Waals surface area contributed by atoms with E-state index in [1.807, 2.05) is 30.3 Å². The number of alkyl carbamates (subject to hydrolysis) is 1. The van der Waals surface area contributed by atoms with Crippen molar-refractivity contribution in [2.45, 2.75) is 33.0 Å². The maximum atomic E-state index is 11.5. The van der Waals surface area contributed by atoms with Gasteiger partial charge in [-0.15, -0.1) is 0 Å². The Bertz CT molecular complexity index is 472. The summed E-state index contributed by atoms with van der Waals surface area (Å²) in [5.41, 5.74) is -0.380. The fourth-order valence-corrected chi connectivity index (χ4v) is 1.59. The molecule has 0 bridgehead atoms. The topological polar surface area (TPSA) is 95.9 Å². The molecule has 0 aromatic heterocycles. The monoisotopic (exact) mass is 295 g/mol. The first-order valence-corrected chi connectivity index (χ1v) is 6.70. The highest BCUT2D eigenvalue weighted by molar-refractivity contribution is 5.74. The van der Waals surface area contributed by atoms with Gasteiger partial charge in [-0.3, -0.25) is 4.79 Å². The van der Waals surface area contributed by atoms with Crippen LogP contribution in [-0.2, 0) is 16.1 Å². The highest BCUT2D eigenvalue weighted by Crippen LogP contribution is 2.22. The van der Waals surface area contributed by atoms with E-state index in [1.165, 1.54) is 13.8 Å². The van der Waals surface area contributed by atoms with Gasteiger partial charge in [0.05, 0.1) is 11.5 Å². The van der Waals surface area contributed by atoms with Crippen molar-refractivity contribution in [2.75, 3.05) is 6.54 Å². The molecule has 0 heterocycles. The van der Waals surface area contributed by atoms with Gasteiger partial charge in [0.1, 0.15) is 6.61 Å². The van der Waals surface area contributed by atoms with Gasteiger partial charge in [-0.2, -0.15) is 0 Å². The standard InChI is InChI=1S/C15H21NO5/c1-15(2,13(18)19)12(17)8-9-16-14(20)21-10-11-6-4-3-5-7-11/h3-7,12,17H,8-10H2,1-2H3,(H,16,20)(H,18,19). The molecule has 0 aliphatic rings. The van der Waals surface area contributed by atoms with E-state index in [9.17, 15) is 14.7 Å². The van der Waals surface area contributed by atoms with E-state index < -0.39 is 23.6 Å². The maximum Gasteiger partial charge on any atom is 0.407 e. The highest BCUT2D eigenvalue weighted by atomic mass is 16.5. The van der Waals surface area contributed by atoms with Crippen molar-refractivity contribution in [3.63, 3.8) is 0 Å². The van der Waals surface area contributed by atoms with Gasteiger partial charge >= 0.3 is 12.1 Å². The molecule has 0 saturated carbocycles. The predicted octanol–water partition coefficient (Wildman–Crippen LogP) is 1.77. The molecule has 6 nitrogen and oxygen atoms in total. The van der Waals surface area contributed by atoms with Crippen LogP contribution in [0.5, 0.6) is 0 Å². The number of carboxylic acid groups (broad SMARTS) is 1. The number of rotatable bonds is 7. The number of carboxylic acids is 1. The van der Waals surface area contributed by atoms with Crippen molar-refractivity contribution < 1.29 is 24.5 Å². The van der Waals surface area contributed by atoms with E-state index in [2.05, 4.69) is 5.32 Å². The zero-order valence-electron chi connectivity index (χ0n) is 12.2. The molecule has 116 valence electrons. The van der Waals surface area contributed by atoms with Crippen molar-refractivity contribution in [1.29, 1.82) is 0 Å². The van der Waals surface area contributed by atoms with Crippen LogP contribution in [0.3, 0.4) is 0 Å². The third kappa shape index (κ3) is 5.43. The Balaban J connectivity index is 2.26. The molecule has 1 unspecified atom stereocenters. The predicted molar refractivity (Wildman–Crippen MR) is 76.7 cm³/mol. The molecule has 0 spiro atoms. The van der Waals surface area contributed by atoms with Crippen molar-refractivity contribution in [1.82, 2.24) is 5.32 Å². The smallest absolute Gasteiger partial charge is 0.407 e. The number of aliphatic hydroxyl groups is 1. The lowest BCUT2D eigenvalue weighted by molar-refractivity contribution is -0.153. The minimum atomic E-state index is -1.25. The Kier molecular flexibility index (Phi) is 6.17. The van der Waals surface area contributed by atoms with Gasteiger partial charge in [-0.05, 0) is 25.8 Å². The lowest BCUT2D eigenvalue weighted by Crippen LogP contribution is -2.39. The van der Waals surface area contributed by atoms with Crippen LogP contribution >= 0.6 is 0 Å². The van der Waals surface area contributed by atoms with E-state index in [0.717, 1.165) is 5.56 Å². The molecule has 0 aliphatic carbocycles. The number of benzene rings is 1. The molecule has 3 N–H and O–H groups in total. The van der Waals surface area contributed by atoms with Gasteiger partial charge in [0.15, 0.2) is 0 Å². The summed E-state index contributed by atoms with van der Waals surface area (Å²) in [6.45, 7) is 3.18. The molecule has 6 heteroatoms. The SMILES string of the molecule is CC(C)(C(=O)O)C(O)CCNC(=O)OCc1ccccc1. The van der Waals surface area contributed by atoms with Crippen LogP contribution < -0.4 is 5.32 Å². The first kappa shape index (κ1) is 17.0. The minimum Gasteiger partial charge on any atom is -0.481 e. The largest absolute Gasteiger partial charge is 0.481 e. The normalized spacial score (nSPS) is 12.5. The molecule has 1 aromatic rings. The lowest BCUT2D eigenvalue weighted by Gasteiger charge is -2.25. The van der Waals surface area contributed by atoms with Crippen LogP contribution in [-0.4, -0.2) is 34.9 Å². The number of hydrogen-bond donors (Lipinski definition) is 3. The number of carbonyl (C=O) groups excluding carboxylic acids is 1. The van der Waals surface area contributed by atoms with Gasteiger partial charge < -0.3 is 20.3 Å². The Morgan fingerprint density at radius 2 is 1.90 bits per heavy atom. The van der Waals surface area contributed by atoms with Crippen molar-refractivity contribution in [2.24, 2.45) is 5.41 Å². The third-order valence-electron chi connectivity index (χ3n) is 3.28. The van der Waals surface area contributed by atoms with Crippen molar-refractivity contribution in [3.8, 4) is 0 Å². The van der Waals surface area contributed by atoms with Gasteiger partial charge in [-0.1, -0.05) is 30.3 Å². The van der Waals surface area contributed by atoms with Crippen LogP contribution in [0.25, 0.3) is 0 Å². The minimum absolute atomic E-state index is 0.139. The van der Waals surface area contributed by atoms with Gasteiger partial charge in [0.25, 0.3) is 0 Å². The molecule has 0 radical (unpaired) electrons. The molecule has 1 atom stereocenters.